The minimum absolute atomic E-state index is 0.248. The maximum absolute atomic E-state index is 14.0. The zero-order valence-electron chi connectivity index (χ0n) is 22.1. The Kier molecular flexibility index (Phi) is 6.95. The van der Waals surface area contributed by atoms with Crippen molar-refractivity contribution in [2.75, 3.05) is 55.7 Å². The van der Waals surface area contributed by atoms with Crippen LogP contribution in [0.15, 0.2) is 83.2 Å². The fourth-order valence-electron chi connectivity index (χ4n) is 4.92. The van der Waals surface area contributed by atoms with Crippen LogP contribution >= 0.6 is 11.8 Å². The summed E-state index contributed by atoms with van der Waals surface area (Å²) in [6, 6.07) is 8.81. The summed E-state index contributed by atoms with van der Waals surface area (Å²) in [7, 11) is 0. The van der Waals surface area contributed by atoms with Crippen LogP contribution in [0.5, 0.6) is 0 Å². The summed E-state index contributed by atoms with van der Waals surface area (Å²) in [5, 5.41) is 12.2. The van der Waals surface area contributed by atoms with Crippen molar-refractivity contribution in [2.24, 2.45) is 0 Å². The summed E-state index contributed by atoms with van der Waals surface area (Å²) in [5.41, 5.74) is 2.94. The van der Waals surface area contributed by atoms with E-state index < -0.39 is 0 Å². The smallest absolute Gasteiger partial charge is 0.225 e. The highest BCUT2D eigenvalue weighted by atomic mass is 32.2. The van der Waals surface area contributed by atoms with Gasteiger partial charge in [0.25, 0.3) is 0 Å². The molecular formula is C28H27FN10OS. The van der Waals surface area contributed by atoms with E-state index in [0.717, 1.165) is 65.8 Å². The summed E-state index contributed by atoms with van der Waals surface area (Å²) in [6.45, 7) is 5.25. The molecule has 2 fully saturated rings. The molecule has 0 bridgehead atoms. The van der Waals surface area contributed by atoms with E-state index in [2.05, 4.69) is 46.3 Å². The normalized spacial score (nSPS) is 16.9. The molecule has 0 saturated carbocycles. The van der Waals surface area contributed by atoms with Crippen molar-refractivity contribution in [2.45, 2.75) is 9.79 Å². The molecule has 4 aromatic heterocycles. The van der Waals surface area contributed by atoms with Crippen LogP contribution in [0.2, 0.25) is 0 Å². The largest absolute Gasteiger partial charge is 0.494 e. The number of morpholine rings is 1. The molecule has 2 saturated heterocycles. The molecule has 0 spiro atoms. The Bertz CT molecular complexity index is 1690. The van der Waals surface area contributed by atoms with E-state index in [-0.39, 0.29) is 5.82 Å². The molecule has 7 rings (SSSR count). The minimum Gasteiger partial charge on any atom is -0.494 e. The molecule has 41 heavy (non-hydrogen) atoms. The van der Waals surface area contributed by atoms with E-state index in [4.69, 9.17) is 4.74 Å². The first-order valence-corrected chi connectivity index (χ1v) is 14.2. The van der Waals surface area contributed by atoms with Crippen molar-refractivity contribution in [3.05, 3.63) is 79.2 Å². The van der Waals surface area contributed by atoms with Gasteiger partial charge in [-0.15, -0.1) is 0 Å². The Morgan fingerprint density at radius 2 is 1.76 bits per heavy atom. The van der Waals surface area contributed by atoms with Crippen LogP contribution in [0, 0.1) is 5.82 Å². The van der Waals surface area contributed by atoms with Crippen LogP contribution in [0.4, 0.5) is 16.2 Å². The quantitative estimate of drug-likeness (QED) is 0.327. The van der Waals surface area contributed by atoms with Gasteiger partial charge in [0.1, 0.15) is 30.0 Å². The van der Waals surface area contributed by atoms with Crippen LogP contribution in [0.25, 0.3) is 22.8 Å². The molecule has 2 aliphatic rings. The number of aromatic nitrogens is 7. The van der Waals surface area contributed by atoms with E-state index in [1.807, 2.05) is 35.4 Å². The number of anilines is 2. The topological polar surface area (TPSA) is 102 Å². The number of hydrogen-bond acceptors (Lipinski definition) is 10. The maximum atomic E-state index is 14.0. The second-order valence-electron chi connectivity index (χ2n) is 9.70. The summed E-state index contributed by atoms with van der Waals surface area (Å²) < 4.78 is 23.3. The SMILES string of the molecule is Fc1ccccc1Sc1cnc(N2CCN(c3ncnn4cc(-c5cnn(/C=C6/CNCCO6)c5)cc34)CC2)nc1. The van der Waals surface area contributed by atoms with Gasteiger partial charge in [0.2, 0.25) is 5.95 Å². The molecule has 5 aromatic rings. The number of ether oxygens (including phenoxy) is 1. The van der Waals surface area contributed by atoms with Gasteiger partial charge in [-0.25, -0.2) is 28.5 Å². The molecule has 2 aliphatic heterocycles. The standard InChI is InChI=1S/C28H27FN10OS/c29-24-3-1-2-4-26(24)41-23-14-31-28(32-15-23)37-8-6-36(7-9-37)27-25-11-20(17-39(25)35-19-33-27)21-12-34-38(16-21)18-22-13-30-5-10-40-22/h1-4,11-12,14-19,30H,5-10,13H2/b22-18-. The lowest BCUT2D eigenvalue weighted by atomic mass is 10.2. The van der Waals surface area contributed by atoms with Crippen LogP contribution in [-0.2, 0) is 4.74 Å². The average molecular weight is 571 g/mol. The van der Waals surface area contributed by atoms with E-state index in [1.54, 1.807) is 35.5 Å². The Morgan fingerprint density at radius 1 is 0.927 bits per heavy atom. The number of nitrogens with one attached hydrogen (secondary N) is 1. The van der Waals surface area contributed by atoms with Crippen LogP contribution in [-0.4, -0.2) is 80.2 Å². The second kappa shape index (κ2) is 11.2. The number of nitrogens with zero attached hydrogens (tertiary/aromatic N) is 9. The van der Waals surface area contributed by atoms with Gasteiger partial charge in [-0.1, -0.05) is 23.9 Å². The highest BCUT2D eigenvalue weighted by molar-refractivity contribution is 7.99. The lowest BCUT2D eigenvalue weighted by Gasteiger charge is -2.35. The summed E-state index contributed by atoms with van der Waals surface area (Å²) in [5.74, 6) is 2.17. The fourth-order valence-corrected chi connectivity index (χ4v) is 5.70. The molecule has 0 aliphatic carbocycles. The van der Waals surface area contributed by atoms with Crippen LogP contribution < -0.4 is 15.1 Å². The van der Waals surface area contributed by atoms with E-state index in [9.17, 15) is 4.39 Å². The van der Waals surface area contributed by atoms with E-state index >= 15 is 0 Å². The number of halogens is 1. The van der Waals surface area contributed by atoms with Crippen LogP contribution in [0.3, 0.4) is 0 Å². The average Bonchev–Trinajstić information content (AvgIpc) is 3.67. The number of benzene rings is 1. The molecule has 0 radical (unpaired) electrons. The molecule has 208 valence electrons. The van der Waals surface area contributed by atoms with Gasteiger partial charge in [0, 0.05) is 78.4 Å². The summed E-state index contributed by atoms with van der Waals surface area (Å²) in [6.07, 6.45) is 12.8. The number of hydrogen-bond donors (Lipinski definition) is 1. The highest BCUT2D eigenvalue weighted by Crippen LogP contribution is 2.30. The maximum Gasteiger partial charge on any atom is 0.225 e. The second-order valence-corrected chi connectivity index (χ2v) is 10.8. The molecule has 0 unspecified atom stereocenters. The lowest BCUT2D eigenvalue weighted by Crippen LogP contribution is -2.47. The van der Waals surface area contributed by atoms with Gasteiger partial charge in [-0.2, -0.15) is 10.2 Å². The minimum atomic E-state index is -0.248. The van der Waals surface area contributed by atoms with Crippen molar-refractivity contribution in [3.63, 3.8) is 0 Å². The molecule has 13 heteroatoms. The van der Waals surface area contributed by atoms with Gasteiger partial charge in [-0.3, -0.25) is 0 Å². The predicted molar refractivity (Wildman–Crippen MR) is 154 cm³/mol. The van der Waals surface area contributed by atoms with Gasteiger partial charge >= 0.3 is 0 Å². The number of fused-ring (bicyclic) bond motifs is 1. The number of piperazine rings is 1. The third-order valence-electron chi connectivity index (χ3n) is 7.00. The molecule has 11 nitrogen and oxygen atoms in total. The Morgan fingerprint density at radius 3 is 2.56 bits per heavy atom. The zero-order chi connectivity index (χ0) is 27.6. The van der Waals surface area contributed by atoms with Crippen molar-refractivity contribution >= 4 is 35.2 Å². The van der Waals surface area contributed by atoms with Gasteiger partial charge in [-0.05, 0) is 18.2 Å². The molecule has 1 N–H and O–H groups in total. The predicted octanol–water partition coefficient (Wildman–Crippen LogP) is 3.42. The Labute approximate surface area is 239 Å². The number of rotatable bonds is 6. The van der Waals surface area contributed by atoms with Crippen molar-refractivity contribution in [1.82, 2.24) is 39.7 Å². The first kappa shape index (κ1) is 25.5. The highest BCUT2D eigenvalue weighted by Gasteiger charge is 2.22. The Hall–Kier alpha value is -4.49. The molecule has 1 aromatic carbocycles. The summed E-state index contributed by atoms with van der Waals surface area (Å²) in [4.78, 5) is 19.5. The van der Waals surface area contributed by atoms with Crippen molar-refractivity contribution < 1.29 is 9.13 Å². The first-order chi connectivity index (χ1) is 20.2. The molecule has 6 heterocycles. The van der Waals surface area contributed by atoms with Crippen LogP contribution in [0.1, 0.15) is 0 Å². The van der Waals surface area contributed by atoms with Gasteiger partial charge in [0.05, 0.1) is 18.9 Å². The third kappa shape index (κ3) is 5.45. The van der Waals surface area contributed by atoms with E-state index in [1.165, 1.54) is 17.8 Å². The lowest BCUT2D eigenvalue weighted by molar-refractivity contribution is 0.180. The zero-order valence-corrected chi connectivity index (χ0v) is 22.9. The molecule has 0 atom stereocenters. The third-order valence-corrected chi connectivity index (χ3v) is 8.00. The summed E-state index contributed by atoms with van der Waals surface area (Å²) >= 11 is 1.32. The monoisotopic (exact) mass is 570 g/mol. The molecule has 0 amide bonds. The van der Waals surface area contributed by atoms with Crippen molar-refractivity contribution in [3.8, 4) is 11.1 Å². The van der Waals surface area contributed by atoms with Gasteiger partial charge in [0.15, 0.2) is 5.82 Å². The fraction of sp³-hybridized carbons (Fsp3) is 0.250. The van der Waals surface area contributed by atoms with Crippen molar-refractivity contribution in [1.29, 1.82) is 0 Å². The first-order valence-electron chi connectivity index (χ1n) is 13.4. The Balaban J connectivity index is 1.03. The molecular weight excluding hydrogens is 543 g/mol. The van der Waals surface area contributed by atoms with Gasteiger partial charge < -0.3 is 19.9 Å². The van der Waals surface area contributed by atoms with E-state index in [0.29, 0.717) is 24.0 Å².